The molecule has 0 saturated carbocycles. The molecule has 4 rings (SSSR count). The maximum Gasteiger partial charge on any atom is 0.148 e. The zero-order valence-corrected chi connectivity index (χ0v) is 12.1. The lowest BCUT2D eigenvalue weighted by Gasteiger charge is -2.28. The van der Waals surface area contributed by atoms with Gasteiger partial charge in [-0.2, -0.15) is 0 Å². The minimum atomic E-state index is 0.0545. The first-order valence-electron chi connectivity index (χ1n) is 7.45. The number of hydrogen-bond acceptors (Lipinski definition) is 2. The standard InChI is InChI=1S/C20H16N2/c1-3-8-15(9-4-1)17-12-7-13-18(14-17)20-21-19(22-20)16-10-5-2-6-11-16/h1-14,20H,(H,21,22). The van der Waals surface area contributed by atoms with E-state index in [0.29, 0.717) is 0 Å². The highest BCUT2D eigenvalue weighted by atomic mass is 15.2. The molecular weight excluding hydrogens is 268 g/mol. The zero-order valence-electron chi connectivity index (χ0n) is 12.1. The third kappa shape index (κ3) is 2.40. The van der Waals surface area contributed by atoms with Gasteiger partial charge in [-0.25, -0.2) is 4.99 Å². The van der Waals surface area contributed by atoms with Gasteiger partial charge in [0.2, 0.25) is 0 Å². The van der Waals surface area contributed by atoms with Gasteiger partial charge in [-0.15, -0.1) is 0 Å². The largest absolute Gasteiger partial charge is 0.344 e. The fourth-order valence-electron chi connectivity index (χ4n) is 2.69. The summed E-state index contributed by atoms with van der Waals surface area (Å²) in [6.07, 6.45) is 0.0545. The lowest BCUT2D eigenvalue weighted by atomic mass is 10.0. The summed E-state index contributed by atoms with van der Waals surface area (Å²) in [5.74, 6) is 0.968. The van der Waals surface area contributed by atoms with Crippen molar-refractivity contribution in [3.63, 3.8) is 0 Å². The molecule has 106 valence electrons. The van der Waals surface area contributed by atoms with Crippen LogP contribution in [0.3, 0.4) is 0 Å². The van der Waals surface area contributed by atoms with Gasteiger partial charge in [0, 0.05) is 5.56 Å². The van der Waals surface area contributed by atoms with Gasteiger partial charge in [0.05, 0.1) is 0 Å². The summed E-state index contributed by atoms with van der Waals surface area (Å²) in [4.78, 5) is 4.70. The second kappa shape index (κ2) is 5.49. The Kier molecular flexibility index (Phi) is 3.20. The number of benzene rings is 3. The molecule has 2 heteroatoms. The molecular formula is C20H16N2. The second-order valence-corrected chi connectivity index (χ2v) is 5.38. The monoisotopic (exact) mass is 284 g/mol. The molecule has 1 atom stereocenters. The fourth-order valence-corrected chi connectivity index (χ4v) is 2.69. The van der Waals surface area contributed by atoms with E-state index in [9.17, 15) is 0 Å². The minimum Gasteiger partial charge on any atom is -0.344 e. The molecule has 1 N–H and O–H groups in total. The molecule has 0 spiro atoms. The SMILES string of the molecule is c1ccc(C2=NC(c3cccc(-c4ccccc4)c3)N2)cc1. The Morgan fingerprint density at radius 3 is 1.91 bits per heavy atom. The van der Waals surface area contributed by atoms with Crippen molar-refractivity contribution in [3.05, 3.63) is 96.1 Å². The topological polar surface area (TPSA) is 24.4 Å². The number of amidine groups is 1. The van der Waals surface area contributed by atoms with E-state index in [4.69, 9.17) is 4.99 Å². The summed E-state index contributed by atoms with van der Waals surface area (Å²) < 4.78 is 0. The third-order valence-corrected chi connectivity index (χ3v) is 3.89. The van der Waals surface area contributed by atoms with Crippen molar-refractivity contribution < 1.29 is 0 Å². The van der Waals surface area contributed by atoms with E-state index in [2.05, 4.69) is 66.0 Å². The summed E-state index contributed by atoms with van der Waals surface area (Å²) in [6.45, 7) is 0. The normalized spacial score (nSPS) is 16.4. The van der Waals surface area contributed by atoms with Crippen LogP contribution in [0.25, 0.3) is 11.1 Å². The molecule has 22 heavy (non-hydrogen) atoms. The van der Waals surface area contributed by atoms with Crippen LogP contribution in [-0.2, 0) is 0 Å². The van der Waals surface area contributed by atoms with Crippen molar-refractivity contribution in [1.29, 1.82) is 0 Å². The van der Waals surface area contributed by atoms with Gasteiger partial charge >= 0.3 is 0 Å². The lowest BCUT2D eigenvalue weighted by Crippen LogP contribution is -2.38. The highest BCUT2D eigenvalue weighted by Crippen LogP contribution is 2.27. The van der Waals surface area contributed by atoms with Gasteiger partial charge in [0.25, 0.3) is 0 Å². The van der Waals surface area contributed by atoms with Crippen LogP contribution < -0.4 is 5.32 Å². The fraction of sp³-hybridized carbons (Fsp3) is 0.0500. The smallest absolute Gasteiger partial charge is 0.148 e. The van der Waals surface area contributed by atoms with Crippen LogP contribution in [0.15, 0.2) is 89.9 Å². The van der Waals surface area contributed by atoms with E-state index in [1.54, 1.807) is 0 Å². The Bertz CT molecular complexity index is 807. The van der Waals surface area contributed by atoms with Crippen molar-refractivity contribution >= 4 is 5.84 Å². The summed E-state index contributed by atoms with van der Waals surface area (Å²) in [6, 6.07) is 29.2. The molecule has 0 bridgehead atoms. The van der Waals surface area contributed by atoms with E-state index in [-0.39, 0.29) is 6.17 Å². The van der Waals surface area contributed by atoms with Crippen molar-refractivity contribution in [2.24, 2.45) is 4.99 Å². The third-order valence-electron chi connectivity index (χ3n) is 3.89. The summed E-state index contributed by atoms with van der Waals surface area (Å²) >= 11 is 0. The van der Waals surface area contributed by atoms with Gasteiger partial charge in [0.15, 0.2) is 0 Å². The molecule has 2 nitrogen and oxygen atoms in total. The van der Waals surface area contributed by atoms with Gasteiger partial charge < -0.3 is 5.32 Å². The lowest BCUT2D eigenvalue weighted by molar-refractivity contribution is 0.616. The average Bonchev–Trinajstić information content (AvgIpc) is 2.56. The Labute approximate surface area is 130 Å². The number of nitrogens with one attached hydrogen (secondary N) is 1. The van der Waals surface area contributed by atoms with Crippen LogP contribution >= 0.6 is 0 Å². The van der Waals surface area contributed by atoms with Crippen molar-refractivity contribution in [2.45, 2.75) is 6.17 Å². The molecule has 0 amide bonds. The Balaban J connectivity index is 1.59. The molecule has 1 heterocycles. The number of aliphatic imine (C=N–C) groups is 1. The summed E-state index contributed by atoms with van der Waals surface area (Å²) in [5.41, 5.74) is 4.79. The van der Waals surface area contributed by atoms with Crippen molar-refractivity contribution in [2.75, 3.05) is 0 Å². The first kappa shape index (κ1) is 12.8. The number of rotatable bonds is 3. The maximum absolute atomic E-state index is 4.70. The molecule has 0 aliphatic carbocycles. The van der Waals surface area contributed by atoms with Gasteiger partial charge in [-0.1, -0.05) is 78.9 Å². The summed E-state index contributed by atoms with van der Waals surface area (Å²) in [5, 5.41) is 3.44. The van der Waals surface area contributed by atoms with Crippen LogP contribution in [-0.4, -0.2) is 5.84 Å². The van der Waals surface area contributed by atoms with Crippen molar-refractivity contribution in [3.8, 4) is 11.1 Å². The first-order valence-corrected chi connectivity index (χ1v) is 7.45. The van der Waals surface area contributed by atoms with E-state index in [0.717, 1.165) is 11.4 Å². The molecule has 0 saturated heterocycles. The van der Waals surface area contributed by atoms with E-state index >= 15 is 0 Å². The quantitative estimate of drug-likeness (QED) is 0.757. The Morgan fingerprint density at radius 2 is 1.23 bits per heavy atom. The van der Waals surface area contributed by atoms with Gasteiger partial charge in [-0.3, -0.25) is 0 Å². The maximum atomic E-state index is 4.70. The molecule has 0 fully saturated rings. The van der Waals surface area contributed by atoms with E-state index in [1.807, 2.05) is 24.3 Å². The van der Waals surface area contributed by atoms with Gasteiger partial charge in [0.1, 0.15) is 12.0 Å². The molecule has 3 aromatic rings. The van der Waals surface area contributed by atoms with Crippen LogP contribution in [0, 0.1) is 0 Å². The predicted molar refractivity (Wildman–Crippen MR) is 90.7 cm³/mol. The van der Waals surface area contributed by atoms with Crippen LogP contribution in [0.4, 0.5) is 0 Å². The molecule has 1 unspecified atom stereocenters. The molecule has 1 aliphatic heterocycles. The molecule has 1 aliphatic rings. The van der Waals surface area contributed by atoms with Gasteiger partial charge in [-0.05, 0) is 22.8 Å². The van der Waals surface area contributed by atoms with Crippen LogP contribution in [0.1, 0.15) is 17.3 Å². The van der Waals surface area contributed by atoms with E-state index < -0.39 is 0 Å². The predicted octanol–water partition coefficient (Wildman–Crippen LogP) is 4.40. The average molecular weight is 284 g/mol. The zero-order chi connectivity index (χ0) is 14.8. The minimum absolute atomic E-state index is 0.0545. The molecule has 3 aromatic carbocycles. The van der Waals surface area contributed by atoms with Crippen LogP contribution in [0.5, 0.6) is 0 Å². The van der Waals surface area contributed by atoms with E-state index in [1.165, 1.54) is 16.7 Å². The number of nitrogens with zero attached hydrogens (tertiary/aromatic N) is 1. The first-order chi connectivity index (χ1) is 10.9. The molecule has 0 radical (unpaired) electrons. The van der Waals surface area contributed by atoms with Crippen molar-refractivity contribution in [1.82, 2.24) is 5.32 Å². The Morgan fingerprint density at radius 1 is 0.636 bits per heavy atom. The highest BCUT2D eigenvalue weighted by molar-refractivity contribution is 6.02. The number of hydrogen-bond donors (Lipinski definition) is 1. The second-order valence-electron chi connectivity index (χ2n) is 5.38. The molecule has 0 aromatic heterocycles. The Hall–Kier alpha value is -2.87. The summed E-state index contributed by atoms with van der Waals surface area (Å²) in [7, 11) is 0. The van der Waals surface area contributed by atoms with Crippen LogP contribution in [0.2, 0.25) is 0 Å². The highest BCUT2D eigenvalue weighted by Gasteiger charge is 2.22.